The number of carbonyl (C=O) groups excluding carboxylic acids is 1. The van der Waals surface area contributed by atoms with Gasteiger partial charge in [0.2, 0.25) is 4.77 Å². The summed E-state index contributed by atoms with van der Waals surface area (Å²) in [5.41, 5.74) is 0.866. The van der Waals surface area contributed by atoms with Crippen molar-refractivity contribution in [1.29, 1.82) is 0 Å². The molecule has 2 aromatic heterocycles. The van der Waals surface area contributed by atoms with E-state index in [4.69, 9.17) is 26.8 Å². The van der Waals surface area contributed by atoms with E-state index < -0.39 is 0 Å². The molecule has 1 aliphatic rings. The number of hydrogen-bond acceptors (Lipinski definition) is 7. The van der Waals surface area contributed by atoms with Gasteiger partial charge in [-0.3, -0.25) is 14.3 Å². The van der Waals surface area contributed by atoms with Crippen LogP contribution >= 0.6 is 23.6 Å². The predicted molar refractivity (Wildman–Crippen MR) is 123 cm³/mol. The summed E-state index contributed by atoms with van der Waals surface area (Å²) in [6, 6.07) is 11.9. The Morgan fingerprint density at radius 2 is 2.00 bits per heavy atom. The van der Waals surface area contributed by atoms with Crippen LogP contribution < -0.4 is 4.74 Å². The van der Waals surface area contributed by atoms with Crippen LogP contribution in [0.2, 0.25) is 0 Å². The second kappa shape index (κ2) is 9.76. The minimum absolute atomic E-state index is 0.0167. The summed E-state index contributed by atoms with van der Waals surface area (Å²) < 4.78 is 15.2. The van der Waals surface area contributed by atoms with Crippen molar-refractivity contribution in [2.24, 2.45) is 5.92 Å². The lowest BCUT2D eigenvalue weighted by atomic mass is 9.97. The molecule has 0 saturated carbocycles. The quantitative estimate of drug-likeness (QED) is 0.387. The van der Waals surface area contributed by atoms with E-state index in [2.05, 4.69) is 4.90 Å². The average molecular weight is 459 g/mol. The molecule has 3 aromatic rings. The normalized spacial score (nSPS) is 15.2. The number of hydrogen-bond donors (Lipinski definition) is 0. The number of esters is 1. The van der Waals surface area contributed by atoms with Gasteiger partial charge in [0.05, 0.1) is 36.9 Å². The smallest absolute Gasteiger partial charge is 0.309 e. The lowest BCUT2D eigenvalue weighted by molar-refractivity contribution is -0.149. The number of ether oxygens (including phenoxy) is 2. The number of piperidine rings is 1. The molecule has 0 aliphatic carbocycles. The maximum absolute atomic E-state index is 12.0. The van der Waals surface area contributed by atoms with E-state index in [1.165, 1.54) is 0 Å². The highest BCUT2D eigenvalue weighted by Crippen LogP contribution is 2.31. The van der Waals surface area contributed by atoms with Crippen LogP contribution in [-0.4, -0.2) is 52.0 Å². The fourth-order valence-electron chi connectivity index (χ4n) is 3.86. The largest absolute Gasteiger partial charge is 0.495 e. The van der Waals surface area contributed by atoms with E-state index in [9.17, 15) is 4.79 Å². The van der Waals surface area contributed by atoms with E-state index in [0.717, 1.165) is 48.1 Å². The second-order valence-corrected chi connectivity index (χ2v) is 8.69. The highest BCUT2D eigenvalue weighted by atomic mass is 32.1. The van der Waals surface area contributed by atoms with Gasteiger partial charge in [-0.05, 0) is 55.6 Å². The van der Waals surface area contributed by atoms with Gasteiger partial charge in [-0.15, -0.1) is 16.4 Å². The molecule has 164 valence electrons. The zero-order valence-electron chi connectivity index (χ0n) is 17.7. The van der Waals surface area contributed by atoms with Crippen LogP contribution in [0.1, 0.15) is 19.8 Å². The average Bonchev–Trinajstić information content (AvgIpc) is 3.43. The molecule has 9 heteroatoms. The fourth-order valence-corrected chi connectivity index (χ4v) is 4.84. The number of rotatable bonds is 7. The van der Waals surface area contributed by atoms with Gasteiger partial charge in [-0.1, -0.05) is 18.2 Å². The molecule has 1 fully saturated rings. The minimum Gasteiger partial charge on any atom is -0.495 e. The van der Waals surface area contributed by atoms with Gasteiger partial charge in [0, 0.05) is 13.1 Å². The van der Waals surface area contributed by atoms with E-state index in [0.29, 0.717) is 18.0 Å². The number of nitrogens with zero attached hydrogens (tertiary/aromatic N) is 4. The van der Waals surface area contributed by atoms with Gasteiger partial charge in [0.25, 0.3) is 0 Å². The lowest BCUT2D eigenvalue weighted by Gasteiger charge is -2.30. The third-order valence-corrected chi connectivity index (χ3v) is 6.71. The first-order valence-corrected chi connectivity index (χ1v) is 11.7. The van der Waals surface area contributed by atoms with Crippen LogP contribution in [-0.2, 0) is 16.2 Å². The molecule has 0 amide bonds. The van der Waals surface area contributed by atoms with E-state index >= 15 is 0 Å². The van der Waals surface area contributed by atoms with Gasteiger partial charge in [-0.25, -0.2) is 4.68 Å². The molecule has 0 spiro atoms. The molecule has 31 heavy (non-hydrogen) atoms. The number of carbonyl (C=O) groups is 1. The Morgan fingerprint density at radius 1 is 1.23 bits per heavy atom. The highest BCUT2D eigenvalue weighted by Gasteiger charge is 2.27. The molecule has 1 aliphatic heterocycles. The van der Waals surface area contributed by atoms with Crippen molar-refractivity contribution >= 4 is 29.5 Å². The van der Waals surface area contributed by atoms with Crippen molar-refractivity contribution < 1.29 is 14.3 Å². The molecule has 0 N–H and O–H groups in total. The number of para-hydroxylation sites is 2. The molecular formula is C22H26N4O3S2. The van der Waals surface area contributed by atoms with E-state index in [1.54, 1.807) is 18.4 Å². The summed E-state index contributed by atoms with van der Waals surface area (Å²) in [5, 5.41) is 6.91. The van der Waals surface area contributed by atoms with Crippen LogP contribution in [0, 0.1) is 10.7 Å². The Kier molecular flexibility index (Phi) is 6.84. The van der Waals surface area contributed by atoms with Crippen molar-refractivity contribution in [3.63, 3.8) is 0 Å². The zero-order chi connectivity index (χ0) is 21.8. The minimum atomic E-state index is -0.0841. The van der Waals surface area contributed by atoms with Crippen molar-refractivity contribution in [2.75, 3.05) is 26.8 Å². The first-order valence-electron chi connectivity index (χ1n) is 10.4. The summed E-state index contributed by atoms with van der Waals surface area (Å²) in [4.78, 5) is 15.3. The first-order chi connectivity index (χ1) is 15.1. The van der Waals surface area contributed by atoms with E-state index in [1.807, 2.05) is 58.0 Å². The molecule has 3 heterocycles. The number of aromatic nitrogens is 3. The second-order valence-electron chi connectivity index (χ2n) is 7.38. The number of benzene rings is 1. The van der Waals surface area contributed by atoms with Crippen molar-refractivity contribution in [1.82, 2.24) is 19.2 Å². The van der Waals surface area contributed by atoms with Crippen LogP contribution in [0.4, 0.5) is 0 Å². The topological polar surface area (TPSA) is 61.5 Å². The van der Waals surface area contributed by atoms with Crippen molar-refractivity contribution in [3.8, 4) is 22.1 Å². The SMILES string of the molecule is CCOC(=O)C1CCN(Cn2nc(-c3cccs3)n(-c3ccccc3OC)c2=S)CC1. The Morgan fingerprint density at radius 3 is 2.68 bits per heavy atom. The summed E-state index contributed by atoms with van der Waals surface area (Å²) in [6.45, 7) is 4.47. The molecule has 0 radical (unpaired) electrons. The monoisotopic (exact) mass is 458 g/mol. The zero-order valence-corrected chi connectivity index (χ0v) is 19.3. The number of likely N-dealkylation sites (tertiary alicyclic amines) is 1. The number of thiophene rings is 1. The van der Waals surface area contributed by atoms with Crippen LogP contribution in [0.3, 0.4) is 0 Å². The summed E-state index contributed by atoms with van der Waals surface area (Å²) in [6.07, 6.45) is 1.58. The predicted octanol–water partition coefficient (Wildman–Crippen LogP) is 4.37. The third-order valence-electron chi connectivity index (χ3n) is 5.45. The van der Waals surface area contributed by atoms with Gasteiger partial charge < -0.3 is 9.47 Å². The molecule has 4 rings (SSSR count). The van der Waals surface area contributed by atoms with Gasteiger partial charge in [0.15, 0.2) is 5.82 Å². The molecule has 7 nitrogen and oxygen atoms in total. The highest BCUT2D eigenvalue weighted by molar-refractivity contribution is 7.71. The Hall–Kier alpha value is -2.49. The summed E-state index contributed by atoms with van der Waals surface area (Å²) >= 11 is 7.48. The molecule has 0 bridgehead atoms. The molecule has 0 unspecified atom stereocenters. The van der Waals surface area contributed by atoms with Crippen molar-refractivity contribution in [2.45, 2.75) is 26.4 Å². The number of methoxy groups -OCH3 is 1. The van der Waals surface area contributed by atoms with Crippen LogP contribution in [0.25, 0.3) is 16.4 Å². The molecule has 1 saturated heterocycles. The maximum Gasteiger partial charge on any atom is 0.309 e. The molecular weight excluding hydrogens is 432 g/mol. The van der Waals surface area contributed by atoms with Crippen LogP contribution in [0.15, 0.2) is 41.8 Å². The van der Waals surface area contributed by atoms with Gasteiger partial charge in [-0.2, -0.15) is 0 Å². The third kappa shape index (κ3) is 4.58. The summed E-state index contributed by atoms with van der Waals surface area (Å²) in [5.74, 6) is 1.44. The standard InChI is InChI=1S/C22H26N4O3S2/c1-3-29-21(27)16-10-12-24(13-11-16)15-25-22(30)26(17-7-4-5-8-18(17)28-2)20(23-25)19-9-6-14-31-19/h4-9,14,16H,3,10-13,15H2,1-2H3. The first kappa shape index (κ1) is 21.7. The maximum atomic E-state index is 12.0. The van der Waals surface area contributed by atoms with Crippen LogP contribution in [0.5, 0.6) is 5.75 Å². The fraction of sp³-hybridized carbons (Fsp3) is 0.409. The van der Waals surface area contributed by atoms with Crippen molar-refractivity contribution in [3.05, 3.63) is 46.5 Å². The molecule has 1 aromatic carbocycles. The van der Waals surface area contributed by atoms with Gasteiger partial charge >= 0.3 is 5.97 Å². The Labute approximate surface area is 190 Å². The van der Waals surface area contributed by atoms with E-state index in [-0.39, 0.29) is 11.9 Å². The lowest BCUT2D eigenvalue weighted by Crippen LogP contribution is -2.38. The molecule has 0 atom stereocenters. The Bertz CT molecular complexity index is 1080. The summed E-state index contributed by atoms with van der Waals surface area (Å²) in [7, 11) is 1.66. The Balaban J connectivity index is 1.62. The van der Waals surface area contributed by atoms with Gasteiger partial charge in [0.1, 0.15) is 5.75 Å².